The van der Waals surface area contributed by atoms with Crippen LogP contribution in [0, 0.1) is 0 Å². The maximum atomic E-state index is 6.11. The number of hydrogen-bond donors (Lipinski definition) is 0. The Hall–Kier alpha value is -2.30. The molecule has 11 heteroatoms. The molecule has 0 atom stereocenters. The van der Waals surface area contributed by atoms with Crippen molar-refractivity contribution in [2.45, 2.75) is 0 Å². The van der Waals surface area contributed by atoms with Gasteiger partial charge in [0.1, 0.15) is 17.9 Å². The quantitative estimate of drug-likeness (QED) is 0.344. The van der Waals surface area contributed by atoms with E-state index < -0.39 is 0 Å². The Balaban J connectivity index is 0.00000152. The molecule has 2 saturated heterocycles. The number of furan rings is 1. The number of rotatable bonds is 6. The van der Waals surface area contributed by atoms with E-state index in [4.69, 9.17) is 23.9 Å². The van der Waals surface area contributed by atoms with Gasteiger partial charge in [-0.25, -0.2) is 15.0 Å². The van der Waals surface area contributed by atoms with Crippen LogP contribution in [0.3, 0.4) is 0 Å². The fraction of sp³-hybridized carbons (Fsp3) is 0.400. The SMILES string of the molecule is Cl.Cl.c1cc(OCCN2CCSCC2)cc(-c2nc(N3CCOCC3)c3oc4ncccc4c3n2)c1. The molecule has 0 saturated carbocycles. The van der Waals surface area contributed by atoms with Gasteiger partial charge in [-0.05, 0) is 24.3 Å². The molecule has 0 spiro atoms. The summed E-state index contributed by atoms with van der Waals surface area (Å²) in [6, 6.07) is 11.9. The highest BCUT2D eigenvalue weighted by Gasteiger charge is 2.23. The molecule has 192 valence electrons. The van der Waals surface area contributed by atoms with Gasteiger partial charge in [0.25, 0.3) is 0 Å². The number of thioether (sulfide) groups is 1. The normalized spacial score (nSPS) is 16.5. The van der Waals surface area contributed by atoms with Gasteiger partial charge in [0.05, 0.1) is 18.6 Å². The molecule has 5 heterocycles. The van der Waals surface area contributed by atoms with Gasteiger partial charge in [0, 0.05) is 56.0 Å². The zero-order valence-electron chi connectivity index (χ0n) is 19.8. The van der Waals surface area contributed by atoms with Crippen LogP contribution in [0.1, 0.15) is 0 Å². The number of ether oxygens (including phenoxy) is 2. The number of nitrogens with zero attached hydrogens (tertiary/aromatic N) is 5. The zero-order chi connectivity index (χ0) is 22.7. The lowest BCUT2D eigenvalue weighted by Gasteiger charge is -2.27. The van der Waals surface area contributed by atoms with Crippen LogP contribution < -0.4 is 9.64 Å². The number of anilines is 1. The molecule has 4 aromatic rings. The minimum Gasteiger partial charge on any atom is -0.492 e. The van der Waals surface area contributed by atoms with Crippen molar-refractivity contribution in [1.29, 1.82) is 0 Å². The molecule has 2 fully saturated rings. The fourth-order valence-electron chi connectivity index (χ4n) is 4.43. The first-order valence-electron chi connectivity index (χ1n) is 11.8. The van der Waals surface area contributed by atoms with E-state index in [1.54, 1.807) is 6.20 Å². The van der Waals surface area contributed by atoms with E-state index in [0.29, 0.717) is 36.9 Å². The lowest BCUT2D eigenvalue weighted by molar-refractivity contribution is 0.122. The molecule has 2 aliphatic rings. The van der Waals surface area contributed by atoms with Gasteiger partial charge in [-0.1, -0.05) is 12.1 Å². The smallest absolute Gasteiger partial charge is 0.229 e. The summed E-state index contributed by atoms with van der Waals surface area (Å²) in [5, 5.41) is 0.891. The molecule has 0 aliphatic carbocycles. The predicted molar refractivity (Wildman–Crippen MR) is 149 cm³/mol. The van der Waals surface area contributed by atoms with Crippen molar-refractivity contribution in [2.75, 3.05) is 69.0 Å². The molecular weight excluding hydrogens is 521 g/mol. The highest BCUT2D eigenvalue weighted by molar-refractivity contribution is 7.99. The predicted octanol–water partition coefficient (Wildman–Crippen LogP) is 4.55. The van der Waals surface area contributed by atoms with Crippen molar-refractivity contribution < 1.29 is 13.9 Å². The largest absolute Gasteiger partial charge is 0.492 e. The zero-order valence-corrected chi connectivity index (χ0v) is 22.2. The molecule has 0 radical (unpaired) electrons. The van der Waals surface area contributed by atoms with E-state index in [0.717, 1.165) is 60.8 Å². The third kappa shape index (κ3) is 5.65. The van der Waals surface area contributed by atoms with E-state index in [2.05, 4.69) is 14.8 Å². The van der Waals surface area contributed by atoms with Gasteiger partial charge >= 0.3 is 0 Å². The highest BCUT2D eigenvalue weighted by Crippen LogP contribution is 2.34. The Labute approximate surface area is 226 Å². The summed E-state index contributed by atoms with van der Waals surface area (Å²) in [4.78, 5) is 18.9. The number of halogens is 2. The van der Waals surface area contributed by atoms with Crippen LogP contribution in [0.2, 0.25) is 0 Å². The first-order valence-corrected chi connectivity index (χ1v) is 12.9. The number of morpholine rings is 1. The van der Waals surface area contributed by atoms with Crippen molar-refractivity contribution >= 4 is 64.6 Å². The fourth-order valence-corrected chi connectivity index (χ4v) is 5.40. The Morgan fingerprint density at radius 1 is 0.972 bits per heavy atom. The van der Waals surface area contributed by atoms with Gasteiger partial charge < -0.3 is 18.8 Å². The molecule has 2 aliphatic heterocycles. The molecule has 0 N–H and O–H groups in total. The van der Waals surface area contributed by atoms with Gasteiger partial charge in [-0.2, -0.15) is 11.8 Å². The van der Waals surface area contributed by atoms with E-state index in [9.17, 15) is 0 Å². The van der Waals surface area contributed by atoms with Crippen LogP contribution in [0.15, 0.2) is 47.0 Å². The number of aromatic nitrogens is 3. The van der Waals surface area contributed by atoms with E-state index >= 15 is 0 Å². The first-order chi connectivity index (χ1) is 16.8. The average molecular weight is 551 g/mol. The molecule has 8 nitrogen and oxygen atoms in total. The molecule has 6 rings (SSSR count). The van der Waals surface area contributed by atoms with Crippen LogP contribution >= 0.6 is 36.6 Å². The topological polar surface area (TPSA) is 76.8 Å². The van der Waals surface area contributed by atoms with E-state index in [1.165, 1.54) is 11.5 Å². The highest BCUT2D eigenvalue weighted by atomic mass is 35.5. The van der Waals surface area contributed by atoms with Crippen LogP contribution in [0.4, 0.5) is 5.82 Å². The number of pyridine rings is 1. The number of hydrogen-bond acceptors (Lipinski definition) is 9. The standard InChI is InChI=1S/C25H27N5O3S.2ClH/c1-3-18(17-19(4-1)32-14-7-29-10-15-34-16-11-29)23-27-21-20-5-2-6-26-25(20)33-22(21)24(28-23)30-8-12-31-13-9-30;;/h1-6,17H,7-16H2;2*1H. The summed E-state index contributed by atoms with van der Waals surface area (Å²) < 4.78 is 17.8. The van der Waals surface area contributed by atoms with Gasteiger partial charge in [0.15, 0.2) is 17.2 Å². The molecule has 0 unspecified atom stereocenters. The van der Waals surface area contributed by atoms with E-state index in [1.807, 2.05) is 48.2 Å². The Morgan fingerprint density at radius 3 is 2.64 bits per heavy atom. The third-order valence-electron chi connectivity index (χ3n) is 6.26. The second-order valence-electron chi connectivity index (χ2n) is 8.44. The summed E-state index contributed by atoms with van der Waals surface area (Å²) in [5.41, 5.74) is 2.95. The monoisotopic (exact) mass is 549 g/mol. The maximum absolute atomic E-state index is 6.11. The first kappa shape index (κ1) is 26.8. The lowest BCUT2D eigenvalue weighted by Crippen LogP contribution is -2.37. The second-order valence-corrected chi connectivity index (χ2v) is 9.66. The molecular formula is C25H29Cl2N5O3S. The van der Waals surface area contributed by atoms with Crippen molar-refractivity contribution in [3.63, 3.8) is 0 Å². The van der Waals surface area contributed by atoms with Crippen LogP contribution in [0.5, 0.6) is 5.75 Å². The number of benzene rings is 1. The van der Waals surface area contributed by atoms with Crippen LogP contribution in [-0.4, -0.2) is 83.9 Å². The second kappa shape index (κ2) is 12.3. The summed E-state index contributed by atoms with van der Waals surface area (Å²) in [6.07, 6.45) is 1.73. The van der Waals surface area contributed by atoms with Crippen LogP contribution in [-0.2, 0) is 4.74 Å². The minimum atomic E-state index is 0. The molecule has 36 heavy (non-hydrogen) atoms. The van der Waals surface area contributed by atoms with Gasteiger partial charge in [-0.15, -0.1) is 24.8 Å². The average Bonchev–Trinajstić information content (AvgIpc) is 3.28. The van der Waals surface area contributed by atoms with Crippen molar-refractivity contribution in [2.24, 2.45) is 0 Å². The molecule has 0 bridgehead atoms. The number of fused-ring (bicyclic) bond motifs is 3. The summed E-state index contributed by atoms with van der Waals surface area (Å²) in [7, 11) is 0. The van der Waals surface area contributed by atoms with Gasteiger partial charge in [-0.3, -0.25) is 4.90 Å². The lowest BCUT2D eigenvalue weighted by atomic mass is 10.2. The maximum Gasteiger partial charge on any atom is 0.229 e. The molecule has 1 aromatic carbocycles. The van der Waals surface area contributed by atoms with E-state index in [-0.39, 0.29) is 24.8 Å². The molecule has 0 amide bonds. The molecule has 3 aromatic heterocycles. The minimum absolute atomic E-state index is 0. The van der Waals surface area contributed by atoms with Crippen molar-refractivity contribution in [1.82, 2.24) is 19.9 Å². The Bertz CT molecular complexity index is 1300. The summed E-state index contributed by atoms with van der Waals surface area (Å²) in [6.45, 7) is 6.74. The summed E-state index contributed by atoms with van der Waals surface area (Å²) in [5.74, 6) is 4.69. The van der Waals surface area contributed by atoms with Crippen molar-refractivity contribution in [3.05, 3.63) is 42.6 Å². The van der Waals surface area contributed by atoms with Crippen molar-refractivity contribution in [3.8, 4) is 17.1 Å². The summed E-state index contributed by atoms with van der Waals surface area (Å²) >= 11 is 2.02. The third-order valence-corrected chi connectivity index (χ3v) is 7.20. The Morgan fingerprint density at radius 2 is 1.81 bits per heavy atom. The van der Waals surface area contributed by atoms with Gasteiger partial charge in [0.2, 0.25) is 5.71 Å². The van der Waals surface area contributed by atoms with Crippen LogP contribution in [0.25, 0.3) is 33.6 Å². The Kier molecular flexibility index (Phi) is 9.14.